The first-order valence-corrected chi connectivity index (χ1v) is 7.91. The first kappa shape index (κ1) is 16.2. The minimum atomic E-state index is -3.55. The zero-order valence-electron chi connectivity index (χ0n) is 11.1. The van der Waals surface area contributed by atoms with Crippen molar-refractivity contribution in [1.82, 2.24) is 9.29 Å². The van der Waals surface area contributed by atoms with E-state index in [1.54, 1.807) is 6.92 Å². The summed E-state index contributed by atoms with van der Waals surface area (Å²) in [5.41, 5.74) is 2.30. The minimum absolute atomic E-state index is 0.0782. The van der Waals surface area contributed by atoms with Gasteiger partial charge in [-0.2, -0.15) is 4.31 Å². The molecule has 0 fully saturated rings. The van der Waals surface area contributed by atoms with E-state index in [4.69, 9.17) is 17.4 Å². The van der Waals surface area contributed by atoms with Crippen LogP contribution in [0.1, 0.15) is 26.7 Å². The maximum atomic E-state index is 12.4. The Labute approximate surface area is 119 Å². The van der Waals surface area contributed by atoms with Gasteiger partial charge in [0.25, 0.3) is 0 Å². The van der Waals surface area contributed by atoms with Crippen molar-refractivity contribution in [3.63, 3.8) is 0 Å². The standard InChI is InChI=1S/C11H19ClN4O2S/c1-3-5-6-16(4-2)19(17,18)9-7-10(12)11(15-13)14-8-9/h7-8H,3-6,13H2,1-2H3,(H,14,15). The Balaban J connectivity index is 3.07. The third kappa shape index (κ3) is 3.79. The number of hydrogen-bond acceptors (Lipinski definition) is 5. The van der Waals surface area contributed by atoms with Gasteiger partial charge in [0.05, 0.1) is 5.02 Å². The smallest absolute Gasteiger partial charge is 0.244 e. The number of hydrazine groups is 1. The molecule has 108 valence electrons. The number of nitrogen functional groups attached to an aromatic ring is 1. The number of pyridine rings is 1. The molecule has 3 N–H and O–H groups in total. The summed E-state index contributed by atoms with van der Waals surface area (Å²) < 4.78 is 26.2. The Morgan fingerprint density at radius 2 is 2.16 bits per heavy atom. The van der Waals surface area contributed by atoms with Crippen LogP contribution in [-0.4, -0.2) is 30.8 Å². The largest absolute Gasteiger partial charge is 0.307 e. The zero-order valence-corrected chi connectivity index (χ0v) is 12.6. The number of sulfonamides is 1. The van der Waals surface area contributed by atoms with E-state index in [1.165, 1.54) is 16.6 Å². The fraction of sp³-hybridized carbons (Fsp3) is 0.545. The third-order valence-corrected chi connectivity index (χ3v) is 4.93. The van der Waals surface area contributed by atoms with Gasteiger partial charge in [-0.25, -0.2) is 19.2 Å². The summed E-state index contributed by atoms with van der Waals surface area (Å²) in [4.78, 5) is 3.96. The molecule has 0 aromatic carbocycles. The Morgan fingerprint density at radius 3 is 2.63 bits per heavy atom. The molecule has 0 aliphatic rings. The van der Waals surface area contributed by atoms with Crippen molar-refractivity contribution in [3.8, 4) is 0 Å². The van der Waals surface area contributed by atoms with Crippen LogP contribution in [0.4, 0.5) is 5.82 Å². The van der Waals surface area contributed by atoms with Gasteiger partial charge in [-0.05, 0) is 12.5 Å². The van der Waals surface area contributed by atoms with E-state index in [1.807, 2.05) is 6.92 Å². The normalized spacial score (nSPS) is 11.8. The predicted octanol–water partition coefficient (Wildman–Crippen LogP) is 1.83. The van der Waals surface area contributed by atoms with Crippen molar-refractivity contribution >= 4 is 27.4 Å². The van der Waals surface area contributed by atoms with E-state index >= 15 is 0 Å². The first-order chi connectivity index (χ1) is 8.97. The topological polar surface area (TPSA) is 88.3 Å². The van der Waals surface area contributed by atoms with Gasteiger partial charge in [-0.15, -0.1) is 0 Å². The molecule has 19 heavy (non-hydrogen) atoms. The average molecular weight is 307 g/mol. The molecule has 0 amide bonds. The second kappa shape index (κ2) is 7.04. The highest BCUT2D eigenvalue weighted by Crippen LogP contribution is 2.23. The van der Waals surface area contributed by atoms with Gasteiger partial charge in [0.2, 0.25) is 10.0 Å². The summed E-state index contributed by atoms with van der Waals surface area (Å²) in [5.74, 6) is 5.45. The van der Waals surface area contributed by atoms with E-state index in [9.17, 15) is 8.42 Å². The molecule has 0 saturated carbocycles. The number of hydrogen-bond donors (Lipinski definition) is 2. The van der Waals surface area contributed by atoms with Crippen LogP contribution in [0, 0.1) is 0 Å². The average Bonchev–Trinajstić information content (AvgIpc) is 2.39. The van der Waals surface area contributed by atoms with Gasteiger partial charge in [-0.1, -0.05) is 31.9 Å². The van der Waals surface area contributed by atoms with Crippen LogP contribution >= 0.6 is 11.6 Å². The van der Waals surface area contributed by atoms with Gasteiger partial charge in [0.1, 0.15) is 4.90 Å². The molecule has 1 heterocycles. The highest BCUT2D eigenvalue weighted by Gasteiger charge is 2.23. The summed E-state index contributed by atoms with van der Waals surface area (Å²) in [5, 5.41) is 0.176. The number of nitrogens with one attached hydrogen (secondary N) is 1. The van der Waals surface area contributed by atoms with E-state index in [0.717, 1.165) is 12.8 Å². The van der Waals surface area contributed by atoms with Crippen molar-refractivity contribution in [2.45, 2.75) is 31.6 Å². The van der Waals surface area contributed by atoms with Crippen molar-refractivity contribution in [1.29, 1.82) is 0 Å². The van der Waals surface area contributed by atoms with Crippen molar-refractivity contribution < 1.29 is 8.42 Å². The van der Waals surface area contributed by atoms with Crippen molar-refractivity contribution in [2.75, 3.05) is 18.5 Å². The Morgan fingerprint density at radius 1 is 1.47 bits per heavy atom. The highest BCUT2D eigenvalue weighted by atomic mass is 35.5. The fourth-order valence-electron chi connectivity index (χ4n) is 1.60. The Bertz CT molecular complexity index is 521. The molecule has 1 aromatic heterocycles. The van der Waals surface area contributed by atoms with Crippen LogP contribution in [-0.2, 0) is 10.0 Å². The highest BCUT2D eigenvalue weighted by molar-refractivity contribution is 7.89. The molecular formula is C11H19ClN4O2S. The van der Waals surface area contributed by atoms with Crippen LogP contribution in [0.2, 0.25) is 5.02 Å². The minimum Gasteiger partial charge on any atom is -0.307 e. The maximum absolute atomic E-state index is 12.4. The van der Waals surface area contributed by atoms with Crippen LogP contribution < -0.4 is 11.3 Å². The summed E-state index contributed by atoms with van der Waals surface area (Å²) in [6.07, 6.45) is 3.00. The molecule has 0 saturated heterocycles. The molecule has 1 aromatic rings. The molecule has 0 aliphatic carbocycles. The number of anilines is 1. The molecule has 8 heteroatoms. The van der Waals surface area contributed by atoms with E-state index in [-0.39, 0.29) is 15.7 Å². The quantitative estimate of drug-likeness (QED) is 0.592. The lowest BCUT2D eigenvalue weighted by molar-refractivity contribution is 0.418. The lowest BCUT2D eigenvalue weighted by Gasteiger charge is -2.20. The number of rotatable bonds is 7. The Hall–Kier alpha value is -0.890. The van der Waals surface area contributed by atoms with Gasteiger partial charge in [0, 0.05) is 19.3 Å². The van der Waals surface area contributed by atoms with Crippen molar-refractivity contribution in [3.05, 3.63) is 17.3 Å². The summed E-state index contributed by atoms with van der Waals surface area (Å²) in [6, 6.07) is 1.35. The molecule has 0 atom stereocenters. The molecule has 0 unspecified atom stereocenters. The summed E-state index contributed by atoms with van der Waals surface area (Å²) in [7, 11) is -3.55. The lowest BCUT2D eigenvalue weighted by atomic mass is 10.3. The Kier molecular flexibility index (Phi) is 5.99. The van der Waals surface area contributed by atoms with E-state index in [0.29, 0.717) is 13.1 Å². The SMILES string of the molecule is CCCCN(CC)S(=O)(=O)c1cnc(NN)c(Cl)c1. The molecule has 0 aliphatic heterocycles. The number of nitrogens with zero attached hydrogens (tertiary/aromatic N) is 2. The second-order valence-corrected chi connectivity index (χ2v) is 6.34. The number of halogens is 1. The monoisotopic (exact) mass is 306 g/mol. The summed E-state index contributed by atoms with van der Waals surface area (Å²) >= 11 is 5.90. The van der Waals surface area contributed by atoms with Gasteiger partial charge in [0.15, 0.2) is 5.82 Å². The van der Waals surface area contributed by atoms with Crippen molar-refractivity contribution in [2.24, 2.45) is 5.84 Å². The van der Waals surface area contributed by atoms with E-state index in [2.05, 4.69) is 10.4 Å². The molecular weight excluding hydrogens is 288 g/mol. The number of unbranched alkanes of at least 4 members (excludes halogenated alkanes) is 1. The van der Waals surface area contributed by atoms with Crippen LogP contribution in [0.15, 0.2) is 17.2 Å². The number of nitrogens with two attached hydrogens (primary N) is 1. The molecule has 1 rings (SSSR count). The third-order valence-electron chi connectivity index (χ3n) is 2.70. The predicted molar refractivity (Wildman–Crippen MR) is 76.4 cm³/mol. The molecule has 6 nitrogen and oxygen atoms in total. The zero-order chi connectivity index (χ0) is 14.5. The van der Waals surface area contributed by atoms with Gasteiger partial charge in [-0.3, -0.25) is 0 Å². The number of aromatic nitrogens is 1. The lowest BCUT2D eigenvalue weighted by Crippen LogP contribution is -2.32. The van der Waals surface area contributed by atoms with E-state index < -0.39 is 10.0 Å². The first-order valence-electron chi connectivity index (χ1n) is 6.09. The second-order valence-electron chi connectivity index (χ2n) is 4.00. The fourth-order valence-corrected chi connectivity index (χ4v) is 3.35. The van der Waals surface area contributed by atoms with Gasteiger partial charge >= 0.3 is 0 Å². The molecule has 0 bridgehead atoms. The summed E-state index contributed by atoms with van der Waals surface area (Å²) in [6.45, 7) is 4.72. The molecule has 0 spiro atoms. The van der Waals surface area contributed by atoms with Crippen LogP contribution in [0.25, 0.3) is 0 Å². The maximum Gasteiger partial charge on any atom is 0.244 e. The molecule has 0 radical (unpaired) electrons. The van der Waals surface area contributed by atoms with Crippen LogP contribution in [0.3, 0.4) is 0 Å². The van der Waals surface area contributed by atoms with Gasteiger partial charge < -0.3 is 5.43 Å². The van der Waals surface area contributed by atoms with Crippen LogP contribution in [0.5, 0.6) is 0 Å².